The molecule has 0 atom stereocenters. The molecule has 0 aromatic heterocycles. The summed E-state index contributed by atoms with van der Waals surface area (Å²) in [5.41, 5.74) is 0. The molecular weight excluding hydrogens is 331 g/mol. The molecule has 0 radical (unpaired) electrons. The molecule has 0 aliphatic carbocycles. The van der Waals surface area contributed by atoms with E-state index in [0.29, 0.717) is 11.8 Å². The molecule has 0 bridgehead atoms. The van der Waals surface area contributed by atoms with Gasteiger partial charge in [-0.1, -0.05) is 0 Å². The zero-order valence-electron chi connectivity index (χ0n) is 13.4. The zero-order chi connectivity index (χ0) is 14.0. The van der Waals surface area contributed by atoms with Crippen LogP contribution in [0.15, 0.2) is 0 Å². The van der Waals surface area contributed by atoms with Crippen molar-refractivity contribution in [2.24, 2.45) is 11.8 Å². The first kappa shape index (κ1) is 18.7. The predicted molar refractivity (Wildman–Crippen MR) is 82.1 cm³/mol. The van der Waals surface area contributed by atoms with Gasteiger partial charge in [0.25, 0.3) is 0 Å². The summed E-state index contributed by atoms with van der Waals surface area (Å²) in [7, 11) is 0. The summed E-state index contributed by atoms with van der Waals surface area (Å²) < 4.78 is 15.2. The van der Waals surface area contributed by atoms with E-state index in [-0.39, 0.29) is 0 Å². The second kappa shape index (κ2) is 10.5. The molecule has 0 N–H and O–H groups in total. The van der Waals surface area contributed by atoms with E-state index in [4.69, 9.17) is 6.15 Å². The predicted octanol–water partition coefficient (Wildman–Crippen LogP) is 4.98. The Morgan fingerprint density at radius 2 is 1.28 bits per heavy atom. The normalized spacial score (nSPS) is 12.7. The monoisotopic (exact) mass is 366 g/mol. The zero-order valence-corrected chi connectivity index (χ0v) is 16.3. The van der Waals surface area contributed by atoms with Crippen LogP contribution in [0.4, 0.5) is 0 Å². The fraction of sp³-hybridized carbons (Fsp3) is 1.00. The van der Waals surface area contributed by atoms with Crippen LogP contribution >= 0.6 is 0 Å². The molecule has 0 saturated carbocycles. The maximum atomic E-state index is 6.37. The van der Waals surface area contributed by atoms with E-state index >= 15 is 0 Å². The second-order valence-electron chi connectivity index (χ2n) is 6.17. The number of hydrogen-bond donors (Lipinski definition) is 0. The quantitative estimate of drug-likeness (QED) is 0.481. The van der Waals surface area contributed by atoms with Crippen molar-refractivity contribution in [3.05, 3.63) is 0 Å². The SMILES string of the molecule is CCC[CH2][Sn]([CH2]CC)([O]CC(C)C)[O]CC(C)C. The first-order chi connectivity index (χ1) is 8.45. The van der Waals surface area contributed by atoms with Gasteiger partial charge in [0.1, 0.15) is 0 Å². The Morgan fingerprint density at radius 1 is 0.778 bits per heavy atom. The second-order valence-corrected chi connectivity index (χ2v) is 15.9. The van der Waals surface area contributed by atoms with Crippen LogP contribution in [0.5, 0.6) is 0 Å². The summed E-state index contributed by atoms with van der Waals surface area (Å²) in [5.74, 6) is 1.23. The van der Waals surface area contributed by atoms with Gasteiger partial charge in [0.2, 0.25) is 0 Å². The van der Waals surface area contributed by atoms with Gasteiger partial charge in [-0.15, -0.1) is 0 Å². The minimum absolute atomic E-state index is 0.613. The van der Waals surface area contributed by atoms with Crippen LogP contribution in [0, 0.1) is 11.8 Å². The average Bonchev–Trinajstić information content (AvgIpc) is 2.31. The molecule has 0 heterocycles. The molecule has 0 unspecified atom stereocenters. The molecule has 0 fully saturated rings. The van der Waals surface area contributed by atoms with E-state index < -0.39 is 19.2 Å². The van der Waals surface area contributed by atoms with Crippen LogP contribution in [0.3, 0.4) is 0 Å². The molecule has 0 saturated heterocycles. The third-order valence-electron chi connectivity index (χ3n) is 2.90. The Hall–Kier alpha value is 0.719. The van der Waals surface area contributed by atoms with Gasteiger partial charge in [0.15, 0.2) is 0 Å². The van der Waals surface area contributed by atoms with E-state index in [2.05, 4.69) is 41.5 Å². The van der Waals surface area contributed by atoms with E-state index in [9.17, 15) is 0 Å². The van der Waals surface area contributed by atoms with Gasteiger partial charge in [0, 0.05) is 0 Å². The number of rotatable bonds is 11. The number of unbranched alkanes of at least 4 members (excludes halogenated alkanes) is 1. The molecular formula is C15H34O2Sn. The molecule has 3 heteroatoms. The third-order valence-corrected chi connectivity index (χ3v) is 13.6. The van der Waals surface area contributed by atoms with Crippen molar-refractivity contribution in [1.82, 2.24) is 0 Å². The summed E-state index contributed by atoms with van der Waals surface area (Å²) in [6, 6.07) is 0. The van der Waals surface area contributed by atoms with Crippen molar-refractivity contribution in [2.45, 2.75) is 69.7 Å². The van der Waals surface area contributed by atoms with Gasteiger partial charge in [0.05, 0.1) is 0 Å². The standard InChI is InChI=1S/2C4H9O.C4H9.C3H7.Sn/c2*1-4(2)3-5;1-3-4-2;1-3-2;/h2*4H,3H2,1-2H3;1,3-4H2,2H3;1,3H2,2H3;/q2*-1;;;+2. The summed E-state index contributed by atoms with van der Waals surface area (Å²) >= 11 is -2.77. The Morgan fingerprint density at radius 3 is 1.61 bits per heavy atom. The molecule has 2 nitrogen and oxygen atoms in total. The minimum atomic E-state index is -2.77. The Balaban J connectivity index is 4.54. The van der Waals surface area contributed by atoms with Crippen molar-refractivity contribution in [2.75, 3.05) is 13.2 Å². The van der Waals surface area contributed by atoms with Crippen molar-refractivity contribution in [1.29, 1.82) is 0 Å². The summed E-state index contributed by atoms with van der Waals surface area (Å²) in [6.45, 7) is 15.2. The van der Waals surface area contributed by atoms with E-state index in [1.54, 1.807) is 0 Å². The Labute approximate surface area is 120 Å². The van der Waals surface area contributed by atoms with Crippen molar-refractivity contribution in [3.63, 3.8) is 0 Å². The average molecular weight is 365 g/mol. The molecule has 0 aromatic rings. The third kappa shape index (κ3) is 8.76. The summed E-state index contributed by atoms with van der Waals surface area (Å²) in [6.07, 6.45) is 3.72. The van der Waals surface area contributed by atoms with Crippen LogP contribution < -0.4 is 0 Å². The molecule has 0 aromatic carbocycles. The van der Waals surface area contributed by atoms with Gasteiger partial charge >= 0.3 is 120 Å². The van der Waals surface area contributed by atoms with E-state index in [1.807, 2.05) is 0 Å². The van der Waals surface area contributed by atoms with Gasteiger partial charge in [-0.3, -0.25) is 0 Å². The van der Waals surface area contributed by atoms with Crippen LogP contribution in [-0.2, 0) is 6.15 Å². The first-order valence-electron chi connectivity index (χ1n) is 7.73. The summed E-state index contributed by atoms with van der Waals surface area (Å²) in [4.78, 5) is 0. The van der Waals surface area contributed by atoms with Gasteiger partial charge in [-0.2, -0.15) is 0 Å². The van der Waals surface area contributed by atoms with Crippen LogP contribution in [0.1, 0.15) is 60.8 Å². The van der Waals surface area contributed by atoms with Gasteiger partial charge < -0.3 is 0 Å². The van der Waals surface area contributed by atoms with E-state index in [1.165, 1.54) is 28.1 Å². The molecule has 0 spiro atoms. The van der Waals surface area contributed by atoms with Crippen molar-refractivity contribution in [3.8, 4) is 0 Å². The molecule has 0 rings (SSSR count). The van der Waals surface area contributed by atoms with Crippen LogP contribution in [0.25, 0.3) is 0 Å². The van der Waals surface area contributed by atoms with E-state index in [0.717, 1.165) is 13.2 Å². The molecule has 110 valence electrons. The van der Waals surface area contributed by atoms with Crippen LogP contribution in [0.2, 0.25) is 8.87 Å². The Bertz CT molecular complexity index is 181. The molecule has 0 aliphatic rings. The first-order valence-corrected chi connectivity index (χ1v) is 14.1. The van der Waals surface area contributed by atoms with Crippen molar-refractivity contribution < 1.29 is 6.15 Å². The fourth-order valence-electron chi connectivity index (χ4n) is 1.92. The maximum absolute atomic E-state index is 6.37. The van der Waals surface area contributed by atoms with Gasteiger partial charge in [-0.25, -0.2) is 0 Å². The Kier molecular flexibility index (Phi) is 10.9. The fourth-order valence-corrected chi connectivity index (χ4v) is 12.9. The molecule has 0 amide bonds. The molecule has 0 aliphatic heterocycles. The van der Waals surface area contributed by atoms with Gasteiger partial charge in [-0.05, 0) is 0 Å². The summed E-state index contributed by atoms with van der Waals surface area (Å²) in [5, 5.41) is 0. The number of hydrogen-bond acceptors (Lipinski definition) is 2. The topological polar surface area (TPSA) is 18.5 Å². The van der Waals surface area contributed by atoms with Crippen LogP contribution in [-0.4, -0.2) is 32.4 Å². The van der Waals surface area contributed by atoms with Crippen molar-refractivity contribution >= 4 is 19.2 Å². The molecule has 18 heavy (non-hydrogen) atoms.